The fourth-order valence-electron chi connectivity index (χ4n) is 3.49. The molecule has 1 saturated carbocycles. The molecular weight excluding hydrogens is 208 g/mol. The lowest BCUT2D eigenvalue weighted by Gasteiger charge is -2.49. The van der Waals surface area contributed by atoms with Crippen LogP contribution in [0.2, 0.25) is 0 Å². The van der Waals surface area contributed by atoms with Crippen molar-refractivity contribution in [1.82, 2.24) is 10.2 Å². The Morgan fingerprint density at radius 3 is 2.59 bits per heavy atom. The first-order chi connectivity index (χ1) is 8.19. The third-order valence-electron chi connectivity index (χ3n) is 5.12. The van der Waals surface area contributed by atoms with Gasteiger partial charge in [0, 0.05) is 31.7 Å². The van der Waals surface area contributed by atoms with Crippen molar-refractivity contribution in [3.63, 3.8) is 0 Å². The highest BCUT2D eigenvalue weighted by Crippen LogP contribution is 2.44. The van der Waals surface area contributed by atoms with Crippen molar-refractivity contribution in [2.75, 3.05) is 19.6 Å². The lowest BCUT2D eigenvalue weighted by Crippen LogP contribution is -2.58. The molecule has 0 bridgehead atoms. The van der Waals surface area contributed by atoms with Gasteiger partial charge in [-0.1, -0.05) is 26.7 Å². The van der Waals surface area contributed by atoms with Crippen LogP contribution in [-0.4, -0.2) is 36.6 Å². The zero-order valence-electron chi connectivity index (χ0n) is 12.0. The maximum Gasteiger partial charge on any atom is 0.0195 e. The summed E-state index contributed by atoms with van der Waals surface area (Å²) in [6, 6.07) is 1.47. The van der Waals surface area contributed by atoms with Crippen LogP contribution in [0.25, 0.3) is 0 Å². The van der Waals surface area contributed by atoms with Gasteiger partial charge in [0.05, 0.1) is 0 Å². The Morgan fingerprint density at radius 1 is 1.29 bits per heavy atom. The monoisotopic (exact) mass is 238 g/mol. The molecule has 2 unspecified atom stereocenters. The second-order valence-corrected chi connectivity index (χ2v) is 6.38. The van der Waals surface area contributed by atoms with Gasteiger partial charge in [-0.15, -0.1) is 0 Å². The number of hydrogen-bond donors (Lipinski definition) is 1. The van der Waals surface area contributed by atoms with E-state index in [-0.39, 0.29) is 0 Å². The first-order valence-electron chi connectivity index (χ1n) is 7.66. The van der Waals surface area contributed by atoms with Crippen LogP contribution < -0.4 is 5.32 Å². The molecule has 0 aromatic heterocycles. The molecule has 2 rings (SSSR count). The van der Waals surface area contributed by atoms with Crippen LogP contribution in [0.1, 0.15) is 59.3 Å². The van der Waals surface area contributed by atoms with E-state index in [1.807, 2.05) is 0 Å². The molecule has 1 saturated heterocycles. The summed E-state index contributed by atoms with van der Waals surface area (Å²) in [5.41, 5.74) is 0.683. The van der Waals surface area contributed by atoms with E-state index in [9.17, 15) is 0 Å². The first kappa shape index (κ1) is 13.4. The molecule has 2 heteroatoms. The molecule has 2 fully saturated rings. The molecule has 100 valence electrons. The van der Waals surface area contributed by atoms with Crippen molar-refractivity contribution < 1.29 is 0 Å². The minimum atomic E-state index is 0.683. The van der Waals surface area contributed by atoms with Crippen molar-refractivity contribution in [1.29, 1.82) is 0 Å². The van der Waals surface area contributed by atoms with E-state index >= 15 is 0 Å². The second kappa shape index (κ2) is 5.71. The van der Waals surface area contributed by atoms with Crippen molar-refractivity contribution in [2.45, 2.75) is 71.4 Å². The molecule has 2 aliphatic rings. The van der Waals surface area contributed by atoms with Crippen LogP contribution in [0.4, 0.5) is 0 Å². The van der Waals surface area contributed by atoms with Gasteiger partial charge in [-0.3, -0.25) is 4.90 Å². The highest BCUT2D eigenvalue weighted by molar-refractivity contribution is 4.93. The van der Waals surface area contributed by atoms with Crippen LogP contribution in [0.5, 0.6) is 0 Å². The van der Waals surface area contributed by atoms with Gasteiger partial charge in [0.1, 0.15) is 0 Å². The standard InChI is InChI=1S/C15H30N2/c1-4-7-14-11-17(13(3)10-16-14)12-15(5-2)8-6-9-15/h13-14,16H,4-12H2,1-3H3. The van der Waals surface area contributed by atoms with Crippen LogP contribution in [0.3, 0.4) is 0 Å². The van der Waals surface area contributed by atoms with E-state index in [0.717, 1.165) is 12.1 Å². The van der Waals surface area contributed by atoms with Crippen LogP contribution in [-0.2, 0) is 0 Å². The quantitative estimate of drug-likeness (QED) is 0.792. The maximum absolute atomic E-state index is 3.70. The smallest absolute Gasteiger partial charge is 0.0195 e. The van der Waals surface area contributed by atoms with Gasteiger partial charge in [-0.05, 0) is 38.0 Å². The number of nitrogens with one attached hydrogen (secondary N) is 1. The highest BCUT2D eigenvalue weighted by Gasteiger charge is 2.38. The summed E-state index contributed by atoms with van der Waals surface area (Å²) in [6.45, 7) is 10.9. The number of hydrogen-bond acceptors (Lipinski definition) is 2. The molecule has 2 nitrogen and oxygen atoms in total. The average molecular weight is 238 g/mol. The Kier molecular flexibility index (Phi) is 4.48. The van der Waals surface area contributed by atoms with E-state index in [1.54, 1.807) is 0 Å². The molecule has 17 heavy (non-hydrogen) atoms. The van der Waals surface area contributed by atoms with Crippen molar-refractivity contribution in [3.8, 4) is 0 Å². The second-order valence-electron chi connectivity index (χ2n) is 6.38. The van der Waals surface area contributed by atoms with Crippen molar-refractivity contribution in [3.05, 3.63) is 0 Å². The summed E-state index contributed by atoms with van der Waals surface area (Å²) in [5, 5.41) is 3.70. The van der Waals surface area contributed by atoms with Crippen LogP contribution in [0.15, 0.2) is 0 Å². The Balaban J connectivity index is 1.88. The summed E-state index contributed by atoms with van der Waals surface area (Å²) >= 11 is 0. The van der Waals surface area contributed by atoms with E-state index < -0.39 is 0 Å². The molecule has 1 aliphatic heterocycles. The maximum atomic E-state index is 3.70. The molecule has 0 aromatic carbocycles. The van der Waals surface area contributed by atoms with Gasteiger partial charge in [-0.2, -0.15) is 0 Å². The lowest BCUT2D eigenvalue weighted by molar-refractivity contribution is 0.0246. The summed E-state index contributed by atoms with van der Waals surface area (Å²) < 4.78 is 0. The third-order valence-corrected chi connectivity index (χ3v) is 5.12. The minimum Gasteiger partial charge on any atom is -0.311 e. The topological polar surface area (TPSA) is 15.3 Å². The molecule has 0 aromatic rings. The van der Waals surface area contributed by atoms with Crippen molar-refractivity contribution in [2.24, 2.45) is 5.41 Å². The van der Waals surface area contributed by atoms with E-state index in [1.165, 1.54) is 58.2 Å². The van der Waals surface area contributed by atoms with Gasteiger partial charge < -0.3 is 5.32 Å². The summed E-state index contributed by atoms with van der Waals surface area (Å²) in [5.74, 6) is 0. The molecule has 2 atom stereocenters. The Labute approximate surface area is 107 Å². The van der Waals surface area contributed by atoms with E-state index in [0.29, 0.717) is 5.41 Å². The zero-order valence-corrected chi connectivity index (χ0v) is 12.0. The summed E-state index contributed by atoms with van der Waals surface area (Å²) in [6.07, 6.45) is 8.42. The van der Waals surface area contributed by atoms with E-state index in [2.05, 4.69) is 31.0 Å². The third kappa shape index (κ3) is 3.03. The van der Waals surface area contributed by atoms with Gasteiger partial charge in [-0.25, -0.2) is 0 Å². The number of rotatable bonds is 5. The molecule has 1 N–H and O–H groups in total. The first-order valence-corrected chi connectivity index (χ1v) is 7.66. The normalized spacial score (nSPS) is 33.4. The lowest BCUT2D eigenvalue weighted by atomic mass is 9.66. The van der Waals surface area contributed by atoms with E-state index in [4.69, 9.17) is 0 Å². The predicted molar refractivity (Wildman–Crippen MR) is 74.3 cm³/mol. The molecular formula is C15H30N2. The fourth-order valence-corrected chi connectivity index (χ4v) is 3.49. The number of piperazine rings is 1. The van der Waals surface area contributed by atoms with Crippen LogP contribution >= 0.6 is 0 Å². The summed E-state index contributed by atoms with van der Waals surface area (Å²) in [4.78, 5) is 2.76. The molecule has 1 aliphatic carbocycles. The average Bonchev–Trinajstić information content (AvgIpc) is 2.28. The minimum absolute atomic E-state index is 0.683. The highest BCUT2D eigenvalue weighted by atomic mass is 15.2. The molecule has 0 radical (unpaired) electrons. The van der Waals surface area contributed by atoms with Gasteiger partial charge >= 0.3 is 0 Å². The molecule has 1 heterocycles. The molecule has 0 amide bonds. The predicted octanol–water partition coefficient (Wildman–Crippen LogP) is 3.03. The van der Waals surface area contributed by atoms with Crippen LogP contribution in [0, 0.1) is 5.41 Å². The van der Waals surface area contributed by atoms with Gasteiger partial charge in [0.2, 0.25) is 0 Å². The summed E-state index contributed by atoms with van der Waals surface area (Å²) in [7, 11) is 0. The Hall–Kier alpha value is -0.0800. The SMILES string of the molecule is CCCC1CN(CC2(CC)CCC2)C(C)CN1. The number of nitrogens with zero attached hydrogens (tertiary/aromatic N) is 1. The van der Waals surface area contributed by atoms with Gasteiger partial charge in [0.15, 0.2) is 0 Å². The fraction of sp³-hybridized carbons (Fsp3) is 1.00. The molecule has 0 spiro atoms. The Bertz CT molecular complexity index is 230. The Morgan fingerprint density at radius 2 is 2.06 bits per heavy atom. The zero-order chi connectivity index (χ0) is 12.3. The van der Waals surface area contributed by atoms with Crippen molar-refractivity contribution >= 4 is 0 Å². The largest absolute Gasteiger partial charge is 0.311 e. The van der Waals surface area contributed by atoms with Gasteiger partial charge in [0.25, 0.3) is 0 Å².